The molecular formula is C24H24N6O2. The van der Waals surface area contributed by atoms with Crippen molar-refractivity contribution in [1.29, 1.82) is 0 Å². The molecule has 0 saturated carbocycles. The zero-order valence-electron chi connectivity index (χ0n) is 18.3. The maximum Gasteiger partial charge on any atom is 0.322 e. The minimum Gasteiger partial charge on any atom is -0.332 e. The van der Waals surface area contributed by atoms with Crippen molar-refractivity contribution in [3.05, 3.63) is 70.9 Å². The quantitative estimate of drug-likeness (QED) is 0.524. The number of hydrogen-bond donors (Lipinski definition) is 1. The lowest BCUT2D eigenvalue weighted by molar-refractivity contribution is 0.206. The number of aryl methyl sites for hydroxylation is 3. The van der Waals surface area contributed by atoms with Crippen LogP contribution in [0.1, 0.15) is 22.4 Å². The summed E-state index contributed by atoms with van der Waals surface area (Å²) in [5.41, 5.74) is 6.55. The molecule has 1 aliphatic rings. The number of amides is 2. The van der Waals surface area contributed by atoms with E-state index >= 15 is 0 Å². The minimum atomic E-state index is -0.132. The first kappa shape index (κ1) is 20.0. The summed E-state index contributed by atoms with van der Waals surface area (Å²) >= 11 is 0. The van der Waals surface area contributed by atoms with Gasteiger partial charge in [0, 0.05) is 42.5 Å². The third-order valence-corrected chi connectivity index (χ3v) is 5.81. The zero-order valence-corrected chi connectivity index (χ0v) is 18.3. The Morgan fingerprint density at radius 1 is 1.12 bits per heavy atom. The average Bonchev–Trinajstić information content (AvgIpc) is 3.41. The van der Waals surface area contributed by atoms with E-state index in [4.69, 9.17) is 4.52 Å². The second-order valence-corrected chi connectivity index (χ2v) is 8.11. The summed E-state index contributed by atoms with van der Waals surface area (Å²) in [6.45, 7) is 5.07. The monoisotopic (exact) mass is 428 g/mol. The molecule has 0 bridgehead atoms. The highest BCUT2D eigenvalue weighted by Crippen LogP contribution is 2.30. The lowest BCUT2D eigenvalue weighted by atomic mass is 10.1. The number of benzene rings is 2. The number of fused-ring (bicyclic) bond motifs is 1. The molecule has 4 aromatic rings. The van der Waals surface area contributed by atoms with Gasteiger partial charge in [-0.2, -0.15) is 10.1 Å². The molecule has 2 aromatic heterocycles. The van der Waals surface area contributed by atoms with E-state index in [0.717, 1.165) is 33.6 Å². The van der Waals surface area contributed by atoms with Crippen LogP contribution in [0.5, 0.6) is 0 Å². The summed E-state index contributed by atoms with van der Waals surface area (Å²) in [6.07, 6.45) is 0.707. The molecule has 3 heterocycles. The molecule has 0 radical (unpaired) electrons. The fourth-order valence-corrected chi connectivity index (χ4v) is 4.11. The maximum absolute atomic E-state index is 13.0. The molecule has 0 spiro atoms. The van der Waals surface area contributed by atoms with Crippen molar-refractivity contribution in [2.45, 2.75) is 26.8 Å². The van der Waals surface area contributed by atoms with E-state index in [1.54, 1.807) is 4.90 Å². The number of nitrogens with one attached hydrogen (secondary N) is 1. The van der Waals surface area contributed by atoms with E-state index in [1.807, 2.05) is 68.0 Å². The molecule has 162 valence electrons. The highest BCUT2D eigenvalue weighted by Gasteiger charge is 2.29. The molecule has 1 N–H and O–H groups in total. The summed E-state index contributed by atoms with van der Waals surface area (Å²) < 4.78 is 7.39. The predicted octanol–water partition coefficient (Wildman–Crippen LogP) is 4.34. The Balaban J connectivity index is 1.40. The van der Waals surface area contributed by atoms with Crippen molar-refractivity contribution in [2.24, 2.45) is 7.05 Å². The summed E-state index contributed by atoms with van der Waals surface area (Å²) in [5.74, 6) is 0.873. The standard InChI is InChI=1S/C24H24N6O2/c1-15-9-10-19(16(2)13-15)25-24(31)30-12-11-20-18(14-30)21(27-29(20)3)23-26-22(28-32-23)17-7-5-4-6-8-17/h4-10,13H,11-12,14H2,1-3H3,(H,25,31). The second kappa shape index (κ2) is 7.96. The molecule has 0 saturated heterocycles. The van der Waals surface area contributed by atoms with Crippen LogP contribution in [0.2, 0.25) is 0 Å². The van der Waals surface area contributed by atoms with E-state index < -0.39 is 0 Å². The van der Waals surface area contributed by atoms with Gasteiger partial charge in [-0.3, -0.25) is 4.68 Å². The maximum atomic E-state index is 13.0. The second-order valence-electron chi connectivity index (χ2n) is 8.11. The Morgan fingerprint density at radius 2 is 1.94 bits per heavy atom. The number of nitrogens with zero attached hydrogens (tertiary/aromatic N) is 5. The molecule has 1 aliphatic heterocycles. The molecular weight excluding hydrogens is 404 g/mol. The van der Waals surface area contributed by atoms with Crippen molar-refractivity contribution in [3.63, 3.8) is 0 Å². The Bertz CT molecular complexity index is 1290. The largest absolute Gasteiger partial charge is 0.332 e. The first-order valence-electron chi connectivity index (χ1n) is 10.6. The lowest BCUT2D eigenvalue weighted by Gasteiger charge is -2.28. The third kappa shape index (κ3) is 3.64. The molecule has 2 aromatic carbocycles. The molecule has 5 rings (SSSR count). The van der Waals surface area contributed by atoms with E-state index in [-0.39, 0.29) is 6.03 Å². The number of carbonyl (C=O) groups excluding carboxylic acids is 1. The van der Waals surface area contributed by atoms with Gasteiger partial charge in [0.15, 0.2) is 5.69 Å². The van der Waals surface area contributed by atoms with Gasteiger partial charge in [-0.25, -0.2) is 4.79 Å². The summed E-state index contributed by atoms with van der Waals surface area (Å²) in [5, 5.41) is 11.8. The van der Waals surface area contributed by atoms with Crippen LogP contribution in [-0.2, 0) is 20.0 Å². The van der Waals surface area contributed by atoms with Gasteiger partial charge >= 0.3 is 6.03 Å². The molecule has 0 unspecified atom stereocenters. The van der Waals surface area contributed by atoms with Crippen molar-refractivity contribution in [1.82, 2.24) is 24.8 Å². The first-order valence-corrected chi connectivity index (χ1v) is 10.6. The van der Waals surface area contributed by atoms with Crippen LogP contribution in [-0.4, -0.2) is 37.4 Å². The number of carbonyl (C=O) groups is 1. The van der Waals surface area contributed by atoms with Gasteiger partial charge < -0.3 is 14.7 Å². The summed E-state index contributed by atoms with van der Waals surface area (Å²) in [4.78, 5) is 19.3. The van der Waals surface area contributed by atoms with Gasteiger partial charge in [0.2, 0.25) is 5.82 Å². The molecule has 8 nitrogen and oxygen atoms in total. The normalized spacial score (nSPS) is 13.2. The third-order valence-electron chi connectivity index (χ3n) is 5.81. The Labute approximate surface area is 185 Å². The van der Waals surface area contributed by atoms with E-state index in [1.165, 1.54) is 0 Å². The van der Waals surface area contributed by atoms with Crippen LogP contribution in [0.25, 0.3) is 23.0 Å². The first-order chi connectivity index (χ1) is 15.5. The number of urea groups is 1. The van der Waals surface area contributed by atoms with Crippen LogP contribution in [0.3, 0.4) is 0 Å². The van der Waals surface area contributed by atoms with Gasteiger partial charge in [0.25, 0.3) is 5.89 Å². The van der Waals surface area contributed by atoms with E-state index in [0.29, 0.717) is 36.9 Å². The van der Waals surface area contributed by atoms with Gasteiger partial charge in [-0.15, -0.1) is 0 Å². The van der Waals surface area contributed by atoms with Crippen molar-refractivity contribution >= 4 is 11.7 Å². The minimum absolute atomic E-state index is 0.132. The summed E-state index contributed by atoms with van der Waals surface area (Å²) in [7, 11) is 1.90. The molecule has 0 fully saturated rings. The van der Waals surface area contributed by atoms with Crippen LogP contribution in [0, 0.1) is 13.8 Å². The van der Waals surface area contributed by atoms with Gasteiger partial charge in [-0.1, -0.05) is 53.2 Å². The fraction of sp³-hybridized carbons (Fsp3) is 0.250. The molecule has 32 heavy (non-hydrogen) atoms. The number of aromatic nitrogens is 4. The average molecular weight is 428 g/mol. The molecule has 8 heteroatoms. The number of anilines is 1. The predicted molar refractivity (Wildman–Crippen MR) is 121 cm³/mol. The number of hydrogen-bond acceptors (Lipinski definition) is 5. The Kier molecular flexibility index (Phi) is 4.97. The van der Waals surface area contributed by atoms with E-state index in [9.17, 15) is 4.79 Å². The molecule has 2 amide bonds. The Morgan fingerprint density at radius 3 is 2.72 bits per heavy atom. The van der Waals surface area contributed by atoms with Crippen molar-refractivity contribution in [2.75, 3.05) is 11.9 Å². The highest BCUT2D eigenvalue weighted by molar-refractivity contribution is 5.90. The Hall–Kier alpha value is -3.94. The van der Waals surface area contributed by atoms with Crippen LogP contribution in [0.4, 0.5) is 10.5 Å². The SMILES string of the molecule is Cc1ccc(NC(=O)N2CCc3c(c(-c4nc(-c5ccccc5)no4)nn3C)C2)c(C)c1. The van der Waals surface area contributed by atoms with Gasteiger partial charge in [0.05, 0.1) is 6.54 Å². The molecule has 0 atom stereocenters. The number of rotatable bonds is 3. The molecule has 0 aliphatic carbocycles. The van der Waals surface area contributed by atoms with Gasteiger partial charge in [-0.05, 0) is 25.5 Å². The fourth-order valence-electron chi connectivity index (χ4n) is 4.11. The van der Waals surface area contributed by atoms with Crippen LogP contribution < -0.4 is 5.32 Å². The topological polar surface area (TPSA) is 89.1 Å². The lowest BCUT2D eigenvalue weighted by Crippen LogP contribution is -2.39. The van der Waals surface area contributed by atoms with Crippen molar-refractivity contribution in [3.8, 4) is 23.0 Å². The van der Waals surface area contributed by atoms with E-state index in [2.05, 4.69) is 26.6 Å². The summed E-state index contributed by atoms with van der Waals surface area (Å²) in [6, 6.07) is 15.5. The smallest absolute Gasteiger partial charge is 0.322 e. The van der Waals surface area contributed by atoms with Crippen molar-refractivity contribution < 1.29 is 9.32 Å². The van der Waals surface area contributed by atoms with Gasteiger partial charge in [0.1, 0.15) is 0 Å². The van der Waals surface area contributed by atoms with Crippen LogP contribution in [0.15, 0.2) is 53.1 Å². The van der Waals surface area contributed by atoms with Crippen LogP contribution >= 0.6 is 0 Å². The zero-order chi connectivity index (χ0) is 22.2. The highest BCUT2D eigenvalue weighted by atomic mass is 16.5.